The average molecular weight is 1010 g/mol. The molecule has 0 aliphatic heterocycles. The van der Waals surface area contributed by atoms with Crippen LogP contribution in [0, 0.1) is 0 Å². The quantitative estimate of drug-likeness (QED) is 0.165. The molecule has 0 aliphatic carbocycles. The van der Waals surface area contributed by atoms with Gasteiger partial charge in [-0.2, -0.15) is 0 Å². The van der Waals surface area contributed by atoms with Gasteiger partial charge in [-0.3, -0.25) is 0 Å². The minimum absolute atomic E-state index is 0.0827. The Morgan fingerprint density at radius 1 is 0.231 bits per heavy atom. The lowest BCUT2D eigenvalue weighted by atomic mass is 9.83. The summed E-state index contributed by atoms with van der Waals surface area (Å²) in [5.74, 6) is 0. The largest absolute Gasteiger partial charge is 0.308 e. The maximum absolute atomic E-state index is 2.67. The van der Waals surface area contributed by atoms with E-state index in [2.05, 4.69) is 296 Å². The Hall–Kier alpha value is -8.34. The molecule has 0 saturated carbocycles. The van der Waals surface area contributed by atoms with Crippen molar-refractivity contribution in [3.05, 3.63) is 216 Å². The minimum atomic E-state index is -0.119. The highest BCUT2D eigenvalue weighted by molar-refractivity contribution is 6.34. The molecule has 4 heteroatoms. The number of nitrogens with zero attached hydrogens (tertiary/aromatic N) is 4. The van der Waals surface area contributed by atoms with Crippen LogP contribution in [0.4, 0.5) is 34.1 Å². The van der Waals surface area contributed by atoms with E-state index in [1.165, 1.54) is 121 Å². The van der Waals surface area contributed by atoms with Gasteiger partial charge >= 0.3 is 0 Å². The molecule has 0 unspecified atom stereocenters. The number of fused-ring (bicyclic) bond motifs is 15. The molecule has 0 aliphatic rings. The first kappa shape index (κ1) is 48.1. The van der Waals surface area contributed by atoms with Gasteiger partial charge in [-0.25, -0.2) is 0 Å². The van der Waals surface area contributed by atoms with Gasteiger partial charge in [-0.05, 0) is 141 Å². The molecule has 0 radical (unpaired) electrons. The van der Waals surface area contributed by atoms with E-state index in [9.17, 15) is 0 Å². The molecule has 0 fully saturated rings. The molecule has 0 N–H and O–H groups in total. The first-order valence-corrected chi connectivity index (χ1v) is 28.0. The van der Waals surface area contributed by atoms with Crippen molar-refractivity contribution in [1.82, 2.24) is 8.80 Å². The Morgan fingerprint density at radius 3 is 0.692 bits per heavy atom. The van der Waals surface area contributed by atoms with Gasteiger partial charge in [0.15, 0.2) is 0 Å². The van der Waals surface area contributed by atoms with E-state index < -0.39 is 0 Å². The smallest absolute Gasteiger partial charge is 0.0783 e. The second kappa shape index (κ2) is 16.6. The predicted molar refractivity (Wildman–Crippen MR) is 337 cm³/mol. The highest BCUT2D eigenvalue weighted by Crippen LogP contribution is 2.53. The van der Waals surface area contributed by atoms with Crippen molar-refractivity contribution in [1.29, 1.82) is 0 Å². The van der Waals surface area contributed by atoms with Crippen molar-refractivity contribution in [3.8, 4) is 0 Å². The summed E-state index contributed by atoms with van der Waals surface area (Å²) in [5.41, 5.74) is 19.2. The van der Waals surface area contributed by atoms with E-state index in [0.717, 1.165) is 22.7 Å². The third-order valence-electron chi connectivity index (χ3n) is 17.0. The van der Waals surface area contributed by atoms with Crippen LogP contribution in [-0.2, 0) is 21.7 Å². The molecule has 4 heterocycles. The van der Waals surface area contributed by atoms with Crippen molar-refractivity contribution in [2.24, 2.45) is 0 Å². The fourth-order valence-electron chi connectivity index (χ4n) is 12.9. The van der Waals surface area contributed by atoms with E-state index in [-0.39, 0.29) is 21.7 Å². The Labute approximate surface area is 458 Å². The number of aromatic nitrogens is 2. The van der Waals surface area contributed by atoms with Crippen LogP contribution in [0.15, 0.2) is 194 Å². The third-order valence-corrected chi connectivity index (χ3v) is 17.0. The van der Waals surface area contributed by atoms with E-state index in [4.69, 9.17) is 0 Å². The van der Waals surface area contributed by atoms with Crippen LogP contribution >= 0.6 is 0 Å². The van der Waals surface area contributed by atoms with E-state index in [0.29, 0.717) is 0 Å². The molecule has 78 heavy (non-hydrogen) atoms. The molecule has 0 bridgehead atoms. The average Bonchev–Trinajstić information content (AvgIpc) is 3.18. The minimum Gasteiger partial charge on any atom is -0.308 e. The van der Waals surface area contributed by atoms with Crippen LogP contribution in [0.5, 0.6) is 0 Å². The van der Waals surface area contributed by atoms with Crippen molar-refractivity contribution < 1.29 is 0 Å². The molecule has 4 nitrogen and oxygen atoms in total. The molecular formula is C74H68N4. The van der Waals surface area contributed by atoms with Gasteiger partial charge in [0.25, 0.3) is 0 Å². The van der Waals surface area contributed by atoms with Gasteiger partial charge in [-0.15, -0.1) is 0 Å². The van der Waals surface area contributed by atoms with Crippen LogP contribution in [0.2, 0.25) is 0 Å². The summed E-state index contributed by atoms with van der Waals surface area (Å²) in [7, 11) is 0. The second-order valence-corrected chi connectivity index (χ2v) is 26.3. The van der Waals surface area contributed by atoms with Crippen LogP contribution in [0.25, 0.3) is 87.0 Å². The van der Waals surface area contributed by atoms with E-state index in [1.807, 2.05) is 0 Å². The zero-order valence-electron chi connectivity index (χ0n) is 47.3. The lowest BCUT2D eigenvalue weighted by molar-refractivity contribution is 0.591. The summed E-state index contributed by atoms with van der Waals surface area (Å²) < 4.78 is 5.35. The van der Waals surface area contributed by atoms with Crippen LogP contribution in [0.3, 0.4) is 0 Å². The van der Waals surface area contributed by atoms with Gasteiger partial charge < -0.3 is 18.6 Å². The summed E-state index contributed by atoms with van der Waals surface area (Å²) >= 11 is 0. The van der Waals surface area contributed by atoms with E-state index in [1.54, 1.807) is 0 Å². The van der Waals surface area contributed by atoms with E-state index >= 15 is 0 Å². The summed E-state index contributed by atoms with van der Waals surface area (Å²) in [6.07, 6.45) is 0. The molecule has 384 valence electrons. The summed E-state index contributed by atoms with van der Waals surface area (Å²) in [4.78, 5) is 4.99. The predicted octanol–water partition coefficient (Wildman–Crippen LogP) is 21.3. The van der Waals surface area contributed by atoms with Crippen LogP contribution < -0.4 is 9.80 Å². The number of rotatable bonds is 6. The summed E-state index contributed by atoms with van der Waals surface area (Å²) in [6.45, 7) is 28.3. The van der Waals surface area contributed by atoms with Crippen molar-refractivity contribution >= 4 is 121 Å². The number of hydrogen-bond acceptors (Lipinski definition) is 2. The van der Waals surface area contributed by atoms with Crippen LogP contribution in [-0.4, -0.2) is 8.80 Å². The zero-order chi connectivity index (χ0) is 53.9. The number of hydrogen-bond donors (Lipinski definition) is 0. The molecular weight excluding hydrogens is 945 g/mol. The lowest BCUT2D eigenvalue weighted by Gasteiger charge is -2.29. The second-order valence-electron chi connectivity index (χ2n) is 26.3. The number of benzene rings is 10. The van der Waals surface area contributed by atoms with Gasteiger partial charge in [0, 0.05) is 76.6 Å². The first-order valence-electron chi connectivity index (χ1n) is 28.0. The van der Waals surface area contributed by atoms with Gasteiger partial charge in [-0.1, -0.05) is 180 Å². The summed E-state index contributed by atoms with van der Waals surface area (Å²) in [6, 6.07) is 73.7. The Kier molecular flexibility index (Phi) is 10.2. The molecule has 0 spiro atoms. The monoisotopic (exact) mass is 1010 g/mol. The van der Waals surface area contributed by atoms with Gasteiger partial charge in [0.05, 0.1) is 44.5 Å². The number of para-hydroxylation sites is 4. The SMILES string of the molecule is CC(C)(C)c1cc(N(c2ccccc2)c2ccccc2)c2c(c1)c1cc(C(C)(C)C)cc3c4ccc5c(ccc6c7cc(C(C)(C)C)cc8c9cc(C(C)(C)C)cc(N(c%10ccccc%10)c%10ccccc%10)c9n(c87)c65)c4n2c13. The fraction of sp³-hybridized carbons (Fsp3) is 0.216. The molecule has 0 saturated heterocycles. The fourth-order valence-corrected chi connectivity index (χ4v) is 12.9. The maximum Gasteiger partial charge on any atom is 0.0783 e. The maximum atomic E-state index is 2.67. The lowest BCUT2D eigenvalue weighted by Crippen LogP contribution is -2.15. The Bertz CT molecular complexity index is 4290. The molecule has 14 rings (SSSR count). The molecule has 14 aromatic rings. The molecule has 0 amide bonds. The molecule has 0 atom stereocenters. The highest BCUT2D eigenvalue weighted by atomic mass is 15.2. The third kappa shape index (κ3) is 7.11. The normalized spacial score (nSPS) is 13.1. The molecule has 10 aromatic carbocycles. The Balaban J connectivity index is 1.21. The first-order chi connectivity index (χ1) is 37.3. The topological polar surface area (TPSA) is 15.3 Å². The Morgan fingerprint density at radius 2 is 0.436 bits per heavy atom. The van der Waals surface area contributed by atoms with Crippen molar-refractivity contribution in [2.45, 2.75) is 105 Å². The zero-order valence-corrected chi connectivity index (χ0v) is 47.3. The van der Waals surface area contributed by atoms with Crippen molar-refractivity contribution in [2.75, 3.05) is 9.80 Å². The van der Waals surface area contributed by atoms with Gasteiger partial charge in [0.2, 0.25) is 0 Å². The van der Waals surface area contributed by atoms with Crippen LogP contribution in [0.1, 0.15) is 105 Å². The molecule has 4 aromatic heterocycles. The van der Waals surface area contributed by atoms with Gasteiger partial charge in [0.1, 0.15) is 0 Å². The number of anilines is 6. The summed E-state index contributed by atoms with van der Waals surface area (Å²) in [5, 5.41) is 12.8. The highest BCUT2D eigenvalue weighted by Gasteiger charge is 2.32. The standard InChI is InChI=1S/C74H68N4/c1-71(2,3)45-37-57-55-35-33-54-53(65(55)77-67(57)59(39-45)61-41-47(73(7,8)9)43-63(69(61)77)75(49-25-17-13-18-26-49)50-27-19-14-20-28-50)34-36-56-58-38-46(72(4,5)6)40-60-62-42-48(74(10,11)12)44-64(70(62)78(66(54)56)68(58)60)76(51-29-21-15-22-30-51)52-31-23-16-24-32-52/h13-44H,1-12H3. The van der Waals surface area contributed by atoms with Crippen molar-refractivity contribution in [3.63, 3.8) is 0 Å².